The van der Waals surface area contributed by atoms with Gasteiger partial charge in [0.1, 0.15) is 5.75 Å². The Morgan fingerprint density at radius 3 is 2.40 bits per heavy atom. The van der Waals surface area contributed by atoms with Crippen molar-refractivity contribution in [2.24, 2.45) is 29.4 Å². The van der Waals surface area contributed by atoms with Gasteiger partial charge in [0.05, 0.1) is 17.5 Å². The molecule has 0 spiro atoms. The summed E-state index contributed by atoms with van der Waals surface area (Å²) in [5.74, 6) is -11.1. The summed E-state index contributed by atoms with van der Waals surface area (Å²) in [5, 5.41) is 25.5. The van der Waals surface area contributed by atoms with Crippen molar-refractivity contribution in [3.8, 4) is 16.9 Å². The molecular weight excluding hydrogens is 580 g/mol. The lowest BCUT2D eigenvalue weighted by Crippen LogP contribution is -2.74. The number of aliphatic hydroxyl groups is 1. The zero-order valence-corrected chi connectivity index (χ0v) is 25.7. The molecule has 0 bridgehead atoms. The number of benzene rings is 2. The number of fused-ring (bicyclic) bond motifs is 3. The number of carbonyl (C=O) groups excluding carboxylic acids is 6. The predicted octanol–water partition coefficient (Wildman–Crippen LogP) is 0.814. The molecule has 5 rings (SSSR count). The van der Waals surface area contributed by atoms with E-state index in [1.54, 1.807) is 44.4 Å². The van der Waals surface area contributed by atoms with E-state index in [-0.39, 0.29) is 30.1 Å². The van der Waals surface area contributed by atoms with Gasteiger partial charge in [-0.3, -0.25) is 33.7 Å². The van der Waals surface area contributed by atoms with Crippen LogP contribution < -0.4 is 11.1 Å². The number of phenols is 1. The van der Waals surface area contributed by atoms with E-state index in [1.807, 2.05) is 19.0 Å². The average molecular weight is 619 g/mol. The molecule has 238 valence electrons. The standard InChI is InChI=1S/C33H38N4O8/c1-36(2)12-6-9-23(39)35-18-8-5-7-16(13-18)19-10-11-22(38)25-20(19)14-17-15-21-27(37(3)4)29(41)26(32(34)44)31(43)33(21,45)30(42)24(17)28(25)40/h5,7-8,10-11,13,17,21,24,26-27,38,45H,6,9,12,14-15H2,1-4H3,(H2,34,44)(H,35,39)/t17-,21-,24?,26?,27-,33-/m0/s1. The SMILES string of the molecule is CN(C)CCCC(=O)Nc1cccc(-c2ccc(O)c3c2C[C@H]2C[C@H]4[C@H](N(C)C)C(=O)C(C(N)=O)C(=O)[C@@]4(O)C(=O)C2C3=O)c1. The second kappa shape index (κ2) is 11.9. The van der Waals surface area contributed by atoms with Crippen LogP contribution in [0.3, 0.4) is 0 Å². The van der Waals surface area contributed by atoms with Gasteiger partial charge < -0.3 is 26.2 Å². The summed E-state index contributed by atoms with van der Waals surface area (Å²) in [5.41, 5.74) is 4.83. The number of likely N-dealkylation sites (N-methyl/N-ethyl adjacent to an activating group) is 1. The maximum Gasteiger partial charge on any atom is 0.235 e. The van der Waals surface area contributed by atoms with Crippen molar-refractivity contribution in [2.45, 2.75) is 37.3 Å². The molecule has 2 fully saturated rings. The third kappa shape index (κ3) is 5.36. The van der Waals surface area contributed by atoms with Crippen LogP contribution in [0.25, 0.3) is 11.1 Å². The highest BCUT2D eigenvalue weighted by Crippen LogP contribution is 2.51. The third-order valence-corrected chi connectivity index (χ3v) is 9.41. The number of anilines is 1. The Morgan fingerprint density at radius 2 is 1.76 bits per heavy atom. The Labute approximate surface area is 260 Å². The van der Waals surface area contributed by atoms with Crippen LogP contribution in [0.15, 0.2) is 36.4 Å². The molecule has 5 N–H and O–H groups in total. The number of aromatic hydroxyl groups is 1. The minimum atomic E-state index is -2.77. The number of hydrogen-bond acceptors (Lipinski definition) is 10. The van der Waals surface area contributed by atoms with Gasteiger partial charge in [-0.15, -0.1) is 0 Å². The van der Waals surface area contributed by atoms with E-state index in [0.717, 1.165) is 6.54 Å². The van der Waals surface area contributed by atoms with Crippen LogP contribution in [0.5, 0.6) is 5.75 Å². The van der Waals surface area contributed by atoms with Crippen LogP contribution in [0.2, 0.25) is 0 Å². The Hall–Kier alpha value is -4.26. The summed E-state index contributed by atoms with van der Waals surface area (Å²) >= 11 is 0. The second-order valence-corrected chi connectivity index (χ2v) is 12.8. The molecule has 3 aliphatic rings. The summed E-state index contributed by atoms with van der Waals surface area (Å²) in [4.78, 5) is 82.9. The number of ketones is 4. The lowest BCUT2D eigenvalue weighted by Gasteiger charge is -2.52. The van der Waals surface area contributed by atoms with Gasteiger partial charge in [-0.05, 0) is 94.8 Å². The van der Waals surface area contributed by atoms with Crippen molar-refractivity contribution in [1.82, 2.24) is 9.80 Å². The Bertz CT molecular complexity index is 1620. The van der Waals surface area contributed by atoms with E-state index >= 15 is 0 Å². The van der Waals surface area contributed by atoms with Gasteiger partial charge in [-0.25, -0.2) is 0 Å². The van der Waals surface area contributed by atoms with Crippen LogP contribution in [0.4, 0.5) is 5.69 Å². The monoisotopic (exact) mass is 618 g/mol. The van der Waals surface area contributed by atoms with E-state index < -0.39 is 64.4 Å². The molecule has 0 saturated heterocycles. The first-order valence-corrected chi connectivity index (χ1v) is 14.9. The average Bonchev–Trinajstić information content (AvgIpc) is 2.94. The van der Waals surface area contributed by atoms with Crippen LogP contribution >= 0.6 is 0 Å². The Balaban J connectivity index is 1.52. The number of nitrogens with one attached hydrogen (secondary N) is 1. The van der Waals surface area contributed by atoms with Crippen molar-refractivity contribution in [3.05, 3.63) is 47.5 Å². The predicted molar refractivity (Wildman–Crippen MR) is 163 cm³/mol. The fourth-order valence-electron chi connectivity index (χ4n) is 7.42. The summed E-state index contributed by atoms with van der Waals surface area (Å²) in [6, 6.07) is 8.92. The van der Waals surface area contributed by atoms with E-state index in [9.17, 15) is 39.0 Å². The summed E-state index contributed by atoms with van der Waals surface area (Å²) in [6.07, 6.45) is 1.13. The molecule has 2 aromatic rings. The molecule has 12 heteroatoms. The van der Waals surface area contributed by atoms with Gasteiger partial charge in [0.2, 0.25) is 11.8 Å². The molecule has 0 aromatic heterocycles. The number of rotatable bonds is 8. The van der Waals surface area contributed by atoms with Crippen molar-refractivity contribution in [1.29, 1.82) is 0 Å². The summed E-state index contributed by atoms with van der Waals surface area (Å²) < 4.78 is 0. The second-order valence-electron chi connectivity index (χ2n) is 12.8. The van der Waals surface area contributed by atoms with E-state index in [1.165, 1.54) is 11.0 Å². The number of phenolic OH excluding ortho intramolecular Hbond substituents is 1. The largest absolute Gasteiger partial charge is 0.507 e. The molecule has 0 radical (unpaired) electrons. The summed E-state index contributed by atoms with van der Waals surface area (Å²) in [7, 11) is 6.95. The molecular formula is C33H38N4O8. The Morgan fingerprint density at radius 1 is 1.04 bits per heavy atom. The van der Waals surface area contributed by atoms with E-state index in [4.69, 9.17) is 5.73 Å². The summed E-state index contributed by atoms with van der Waals surface area (Å²) in [6.45, 7) is 0.771. The highest BCUT2D eigenvalue weighted by Gasteiger charge is 2.69. The number of nitrogens with two attached hydrogens (primary N) is 1. The van der Waals surface area contributed by atoms with Crippen molar-refractivity contribution >= 4 is 40.6 Å². The van der Waals surface area contributed by atoms with Gasteiger partial charge in [0.25, 0.3) is 0 Å². The number of Topliss-reactive ketones (excluding diaryl/α,β-unsaturated/α-hetero) is 4. The van der Waals surface area contributed by atoms with Gasteiger partial charge in [0, 0.05) is 18.0 Å². The quantitative estimate of drug-likeness (QED) is 0.309. The molecule has 45 heavy (non-hydrogen) atoms. The van der Waals surface area contributed by atoms with Crippen LogP contribution in [0, 0.1) is 23.7 Å². The highest BCUT2D eigenvalue weighted by atomic mass is 16.3. The highest BCUT2D eigenvalue weighted by molar-refractivity contribution is 6.32. The molecule has 6 atom stereocenters. The Kier molecular flexibility index (Phi) is 8.51. The van der Waals surface area contributed by atoms with Gasteiger partial charge in [0.15, 0.2) is 34.7 Å². The number of carbonyl (C=O) groups is 6. The molecule has 3 aliphatic carbocycles. The number of primary amides is 1. The first kappa shape index (κ1) is 32.1. The lowest BCUT2D eigenvalue weighted by atomic mass is 9.52. The number of hydrogen-bond donors (Lipinski definition) is 4. The molecule has 2 amide bonds. The molecule has 2 saturated carbocycles. The number of amides is 2. The van der Waals surface area contributed by atoms with Crippen LogP contribution in [-0.2, 0) is 30.4 Å². The van der Waals surface area contributed by atoms with E-state index in [2.05, 4.69) is 5.32 Å². The first-order chi connectivity index (χ1) is 21.2. The van der Waals surface area contributed by atoms with Crippen molar-refractivity contribution < 1.29 is 39.0 Å². The van der Waals surface area contributed by atoms with Gasteiger partial charge in [-0.1, -0.05) is 18.2 Å². The zero-order valence-electron chi connectivity index (χ0n) is 25.7. The fraction of sp³-hybridized carbons (Fsp3) is 0.455. The first-order valence-electron chi connectivity index (χ1n) is 14.9. The minimum absolute atomic E-state index is 0.0396. The van der Waals surface area contributed by atoms with Crippen LogP contribution in [0.1, 0.15) is 35.2 Å². The van der Waals surface area contributed by atoms with E-state index in [0.29, 0.717) is 35.2 Å². The lowest BCUT2D eigenvalue weighted by molar-refractivity contribution is -0.181. The van der Waals surface area contributed by atoms with Gasteiger partial charge in [-0.2, -0.15) is 0 Å². The maximum absolute atomic E-state index is 14.0. The van der Waals surface area contributed by atoms with Gasteiger partial charge >= 0.3 is 0 Å². The third-order valence-electron chi connectivity index (χ3n) is 9.41. The minimum Gasteiger partial charge on any atom is -0.507 e. The fourth-order valence-corrected chi connectivity index (χ4v) is 7.42. The molecule has 0 aliphatic heterocycles. The molecule has 0 heterocycles. The maximum atomic E-state index is 14.0. The normalized spacial score (nSPS) is 27.7. The number of nitrogens with zero attached hydrogens (tertiary/aromatic N) is 2. The van der Waals surface area contributed by atoms with Crippen LogP contribution in [-0.4, -0.2) is 101 Å². The molecule has 2 unspecified atom stereocenters. The topological polar surface area (TPSA) is 187 Å². The zero-order chi connectivity index (χ0) is 33.0. The molecule has 12 nitrogen and oxygen atoms in total. The smallest absolute Gasteiger partial charge is 0.235 e. The van der Waals surface area contributed by atoms with Crippen molar-refractivity contribution in [3.63, 3.8) is 0 Å². The van der Waals surface area contributed by atoms with Crippen molar-refractivity contribution in [2.75, 3.05) is 40.1 Å². The molecule has 2 aromatic carbocycles.